The van der Waals surface area contributed by atoms with Gasteiger partial charge >= 0.3 is 0 Å². The van der Waals surface area contributed by atoms with E-state index in [9.17, 15) is 4.39 Å². The number of halogens is 1. The van der Waals surface area contributed by atoms with Crippen molar-refractivity contribution in [3.05, 3.63) is 72.2 Å². The summed E-state index contributed by atoms with van der Waals surface area (Å²) in [4.78, 5) is 9.16. The summed E-state index contributed by atoms with van der Waals surface area (Å²) in [7, 11) is 0. The van der Waals surface area contributed by atoms with Crippen molar-refractivity contribution in [2.75, 3.05) is 24.5 Å². The molecule has 3 nitrogen and oxygen atoms in total. The second kappa shape index (κ2) is 6.71. The van der Waals surface area contributed by atoms with E-state index in [1.165, 1.54) is 17.7 Å². The Morgan fingerprint density at radius 1 is 1.18 bits per heavy atom. The summed E-state index contributed by atoms with van der Waals surface area (Å²) in [5, 5.41) is 0. The molecule has 0 fully saturated rings. The third-order valence-corrected chi connectivity index (χ3v) is 3.92. The second-order valence-electron chi connectivity index (χ2n) is 5.56. The van der Waals surface area contributed by atoms with Gasteiger partial charge in [-0.3, -0.25) is 4.90 Å². The first kappa shape index (κ1) is 14.7. The molecule has 1 aliphatic heterocycles. The minimum absolute atomic E-state index is 0.189. The van der Waals surface area contributed by atoms with Crippen LogP contribution < -0.4 is 4.90 Å². The number of pyridine rings is 1. The maximum Gasteiger partial charge on any atom is 0.133 e. The number of anilines is 1. The molecule has 0 radical (unpaired) electrons. The molecule has 0 saturated carbocycles. The molecule has 0 spiro atoms. The van der Waals surface area contributed by atoms with Crippen LogP contribution in [0.3, 0.4) is 0 Å². The molecule has 0 N–H and O–H groups in total. The smallest absolute Gasteiger partial charge is 0.133 e. The summed E-state index contributed by atoms with van der Waals surface area (Å²) < 4.78 is 13.0. The van der Waals surface area contributed by atoms with Crippen LogP contribution in [0.1, 0.15) is 11.1 Å². The standard InChI is InChI=1S/C18H20FN3/c1-2-10-22-12-11-21(13-15-5-7-17(19)8-6-15)14-16-4-3-9-20-18(16)22/h2-9H,1,10-14H2. The topological polar surface area (TPSA) is 19.4 Å². The van der Waals surface area contributed by atoms with Crippen LogP contribution in [-0.2, 0) is 13.1 Å². The SMILES string of the molecule is C=CCN1CCN(Cc2ccc(F)cc2)Cc2cccnc21. The van der Waals surface area contributed by atoms with Crippen molar-refractivity contribution in [3.8, 4) is 0 Å². The van der Waals surface area contributed by atoms with E-state index in [0.29, 0.717) is 0 Å². The summed E-state index contributed by atoms with van der Waals surface area (Å²) in [6.45, 7) is 8.17. The zero-order chi connectivity index (χ0) is 15.4. The number of rotatable bonds is 4. The van der Waals surface area contributed by atoms with Gasteiger partial charge < -0.3 is 4.90 Å². The Kier molecular flexibility index (Phi) is 4.49. The largest absolute Gasteiger partial charge is 0.351 e. The van der Waals surface area contributed by atoms with Crippen molar-refractivity contribution >= 4 is 5.82 Å². The van der Waals surface area contributed by atoms with Crippen molar-refractivity contribution in [1.82, 2.24) is 9.88 Å². The Labute approximate surface area is 130 Å². The molecule has 3 rings (SSSR count). The third-order valence-electron chi connectivity index (χ3n) is 3.92. The first-order valence-corrected chi connectivity index (χ1v) is 7.53. The second-order valence-corrected chi connectivity index (χ2v) is 5.56. The van der Waals surface area contributed by atoms with Crippen LogP contribution in [0.4, 0.5) is 10.2 Å². The number of hydrogen-bond donors (Lipinski definition) is 0. The molecule has 1 aliphatic rings. The van der Waals surface area contributed by atoms with E-state index in [2.05, 4.69) is 27.4 Å². The highest BCUT2D eigenvalue weighted by atomic mass is 19.1. The minimum atomic E-state index is -0.189. The Hall–Kier alpha value is -2.20. The van der Waals surface area contributed by atoms with Gasteiger partial charge in [0.2, 0.25) is 0 Å². The lowest BCUT2D eigenvalue weighted by atomic mass is 10.2. The molecule has 0 bridgehead atoms. The van der Waals surface area contributed by atoms with E-state index in [4.69, 9.17) is 0 Å². The van der Waals surface area contributed by atoms with Gasteiger partial charge in [-0.25, -0.2) is 9.37 Å². The van der Waals surface area contributed by atoms with E-state index < -0.39 is 0 Å². The molecule has 4 heteroatoms. The Bertz CT molecular complexity index is 639. The van der Waals surface area contributed by atoms with E-state index in [1.54, 1.807) is 0 Å². The molecule has 114 valence electrons. The van der Waals surface area contributed by atoms with Gasteiger partial charge in [0.1, 0.15) is 11.6 Å². The van der Waals surface area contributed by atoms with Gasteiger partial charge in [-0.1, -0.05) is 24.3 Å². The number of aromatic nitrogens is 1. The average Bonchev–Trinajstić information content (AvgIpc) is 2.70. The Balaban J connectivity index is 1.79. The van der Waals surface area contributed by atoms with Crippen LogP contribution in [-0.4, -0.2) is 29.5 Å². The maximum atomic E-state index is 13.0. The van der Waals surface area contributed by atoms with Gasteiger partial charge in [-0.05, 0) is 23.8 Å². The molecule has 0 aliphatic carbocycles. The lowest BCUT2D eigenvalue weighted by Crippen LogP contribution is -2.31. The maximum absolute atomic E-state index is 13.0. The molecule has 0 atom stereocenters. The van der Waals surface area contributed by atoms with Crippen LogP contribution >= 0.6 is 0 Å². The summed E-state index contributed by atoms with van der Waals surface area (Å²) in [5.41, 5.74) is 2.35. The molecule has 0 saturated heterocycles. The van der Waals surface area contributed by atoms with E-state index in [0.717, 1.165) is 44.1 Å². The Morgan fingerprint density at radius 2 is 2.00 bits per heavy atom. The van der Waals surface area contributed by atoms with Crippen LogP contribution in [0, 0.1) is 5.82 Å². The predicted molar refractivity (Wildman–Crippen MR) is 87.2 cm³/mol. The number of benzene rings is 1. The van der Waals surface area contributed by atoms with Gasteiger partial charge in [-0.15, -0.1) is 6.58 Å². The highest BCUT2D eigenvalue weighted by Gasteiger charge is 2.19. The molecular weight excluding hydrogens is 277 g/mol. The fraction of sp³-hybridized carbons (Fsp3) is 0.278. The summed E-state index contributed by atoms with van der Waals surface area (Å²) in [5.74, 6) is 0.857. The third kappa shape index (κ3) is 3.34. The summed E-state index contributed by atoms with van der Waals surface area (Å²) in [6, 6.07) is 10.9. The zero-order valence-corrected chi connectivity index (χ0v) is 12.6. The van der Waals surface area contributed by atoms with Crippen molar-refractivity contribution in [1.29, 1.82) is 0 Å². The normalized spacial score (nSPS) is 15.2. The molecule has 0 unspecified atom stereocenters. The summed E-state index contributed by atoms with van der Waals surface area (Å²) in [6.07, 6.45) is 3.75. The predicted octanol–water partition coefficient (Wildman–Crippen LogP) is 3.23. The molecule has 22 heavy (non-hydrogen) atoms. The quantitative estimate of drug-likeness (QED) is 0.808. The number of fused-ring (bicyclic) bond motifs is 1. The fourth-order valence-corrected chi connectivity index (χ4v) is 2.84. The molecule has 0 amide bonds. The molecular formula is C18H20FN3. The average molecular weight is 297 g/mol. The Morgan fingerprint density at radius 3 is 2.77 bits per heavy atom. The van der Waals surface area contributed by atoms with E-state index >= 15 is 0 Å². The van der Waals surface area contributed by atoms with Gasteiger partial charge in [0.05, 0.1) is 0 Å². The first-order valence-electron chi connectivity index (χ1n) is 7.53. The monoisotopic (exact) mass is 297 g/mol. The summed E-state index contributed by atoms with van der Waals surface area (Å²) >= 11 is 0. The molecule has 2 heterocycles. The van der Waals surface area contributed by atoms with E-state index in [1.807, 2.05) is 30.5 Å². The number of hydrogen-bond acceptors (Lipinski definition) is 3. The van der Waals surface area contributed by atoms with Crippen LogP contribution in [0.2, 0.25) is 0 Å². The van der Waals surface area contributed by atoms with Gasteiger partial charge in [-0.2, -0.15) is 0 Å². The van der Waals surface area contributed by atoms with Crippen LogP contribution in [0.15, 0.2) is 55.3 Å². The highest BCUT2D eigenvalue weighted by Crippen LogP contribution is 2.23. The number of nitrogens with zero attached hydrogens (tertiary/aromatic N) is 3. The van der Waals surface area contributed by atoms with Crippen LogP contribution in [0.25, 0.3) is 0 Å². The molecule has 1 aromatic carbocycles. The van der Waals surface area contributed by atoms with Crippen molar-refractivity contribution in [2.24, 2.45) is 0 Å². The van der Waals surface area contributed by atoms with Crippen LogP contribution in [0.5, 0.6) is 0 Å². The molecule has 1 aromatic heterocycles. The lowest BCUT2D eigenvalue weighted by molar-refractivity contribution is 0.269. The fourth-order valence-electron chi connectivity index (χ4n) is 2.84. The first-order chi connectivity index (χ1) is 10.8. The molecule has 2 aromatic rings. The zero-order valence-electron chi connectivity index (χ0n) is 12.6. The van der Waals surface area contributed by atoms with Crippen molar-refractivity contribution < 1.29 is 4.39 Å². The van der Waals surface area contributed by atoms with Gasteiger partial charge in [0.25, 0.3) is 0 Å². The lowest BCUT2D eigenvalue weighted by Gasteiger charge is -2.22. The van der Waals surface area contributed by atoms with Gasteiger partial charge in [0, 0.05) is 44.5 Å². The van der Waals surface area contributed by atoms with Gasteiger partial charge in [0.15, 0.2) is 0 Å². The van der Waals surface area contributed by atoms with Crippen molar-refractivity contribution in [3.63, 3.8) is 0 Å². The van der Waals surface area contributed by atoms with Crippen molar-refractivity contribution in [2.45, 2.75) is 13.1 Å². The van der Waals surface area contributed by atoms with E-state index in [-0.39, 0.29) is 5.82 Å². The minimum Gasteiger partial charge on any atom is -0.351 e. The highest BCUT2D eigenvalue weighted by molar-refractivity contribution is 5.48.